The van der Waals surface area contributed by atoms with Crippen LogP contribution in [-0.4, -0.2) is 41.5 Å². The SMILES string of the molecule is C=C(COC1CCCCO1)N=N/C(OC)=C(\C)CO[Si](C)(C)C(C)(C)C. The molecular weight excluding hydrogens is 348 g/mol. The van der Waals surface area contributed by atoms with Crippen LogP contribution in [0.2, 0.25) is 18.1 Å². The Bertz CT molecular complexity index is 518. The summed E-state index contributed by atoms with van der Waals surface area (Å²) in [6, 6.07) is 0. The first-order valence-electron chi connectivity index (χ1n) is 9.27. The Hall–Kier alpha value is -1.02. The molecule has 0 bridgehead atoms. The van der Waals surface area contributed by atoms with Gasteiger partial charge >= 0.3 is 0 Å². The van der Waals surface area contributed by atoms with E-state index in [4.69, 9.17) is 18.6 Å². The fourth-order valence-corrected chi connectivity index (χ4v) is 3.05. The van der Waals surface area contributed by atoms with Crippen molar-refractivity contribution >= 4 is 8.32 Å². The molecule has 0 amide bonds. The molecule has 0 aromatic rings. The second-order valence-electron chi connectivity index (χ2n) is 8.21. The standard InChI is InChI=1S/C19H36N2O4Si/c1-15(13-25-26(7,8)19(3,4)5)18(22-6)21-20-16(2)14-24-17-11-9-10-12-23-17/h17H,2,9-14H2,1,3-8H3/b18-15-,21-20?. The first-order chi connectivity index (χ1) is 12.1. The zero-order valence-electron chi connectivity index (χ0n) is 17.6. The van der Waals surface area contributed by atoms with Gasteiger partial charge in [-0.3, -0.25) is 0 Å². The van der Waals surface area contributed by atoms with Crippen molar-refractivity contribution in [2.45, 2.75) is 71.4 Å². The van der Waals surface area contributed by atoms with E-state index in [1.165, 1.54) is 0 Å². The topological polar surface area (TPSA) is 61.6 Å². The summed E-state index contributed by atoms with van der Waals surface area (Å²) in [6.07, 6.45) is 2.98. The molecule has 7 heteroatoms. The molecule has 0 saturated carbocycles. The van der Waals surface area contributed by atoms with Gasteiger partial charge in [0.2, 0.25) is 5.88 Å². The van der Waals surface area contributed by atoms with Crippen LogP contribution in [0.25, 0.3) is 0 Å². The molecule has 26 heavy (non-hydrogen) atoms. The Morgan fingerprint density at radius 2 is 1.88 bits per heavy atom. The first kappa shape index (κ1) is 23.0. The fourth-order valence-electron chi connectivity index (χ4n) is 2.04. The van der Waals surface area contributed by atoms with Crippen LogP contribution >= 0.6 is 0 Å². The van der Waals surface area contributed by atoms with Crippen LogP contribution in [0.5, 0.6) is 0 Å². The molecule has 1 heterocycles. The maximum absolute atomic E-state index is 6.21. The molecule has 0 aliphatic carbocycles. The van der Waals surface area contributed by atoms with Gasteiger partial charge < -0.3 is 18.6 Å². The van der Waals surface area contributed by atoms with Crippen molar-refractivity contribution in [2.75, 3.05) is 26.9 Å². The lowest BCUT2D eigenvalue weighted by Gasteiger charge is -2.36. The zero-order chi connectivity index (χ0) is 19.8. The van der Waals surface area contributed by atoms with E-state index in [1.54, 1.807) is 7.11 Å². The third-order valence-corrected chi connectivity index (χ3v) is 9.35. The second kappa shape index (κ2) is 10.3. The molecule has 1 aliphatic rings. The highest BCUT2D eigenvalue weighted by Gasteiger charge is 2.37. The molecule has 1 atom stereocenters. The molecule has 6 nitrogen and oxygen atoms in total. The first-order valence-corrected chi connectivity index (χ1v) is 12.2. The average molecular weight is 385 g/mol. The number of ether oxygens (including phenoxy) is 3. The van der Waals surface area contributed by atoms with Gasteiger partial charge in [-0.1, -0.05) is 27.4 Å². The number of hydrogen-bond donors (Lipinski definition) is 0. The van der Waals surface area contributed by atoms with Gasteiger partial charge in [-0.15, -0.1) is 5.11 Å². The minimum absolute atomic E-state index is 0.159. The van der Waals surface area contributed by atoms with Gasteiger partial charge in [-0.25, -0.2) is 0 Å². The summed E-state index contributed by atoms with van der Waals surface area (Å²) in [6.45, 7) is 18.5. The summed E-state index contributed by atoms with van der Waals surface area (Å²) in [5.74, 6) is 0.457. The molecule has 0 spiro atoms. The Morgan fingerprint density at radius 1 is 1.19 bits per heavy atom. The van der Waals surface area contributed by atoms with Crippen molar-refractivity contribution in [3.8, 4) is 0 Å². The molecule has 0 N–H and O–H groups in total. The molecule has 0 radical (unpaired) electrons. The zero-order valence-corrected chi connectivity index (χ0v) is 18.6. The highest BCUT2D eigenvalue weighted by atomic mass is 28.4. The van der Waals surface area contributed by atoms with Crippen LogP contribution in [-0.2, 0) is 18.6 Å². The van der Waals surface area contributed by atoms with E-state index >= 15 is 0 Å². The summed E-state index contributed by atoms with van der Waals surface area (Å²) < 4.78 is 22.7. The minimum atomic E-state index is -1.82. The van der Waals surface area contributed by atoms with Crippen molar-refractivity contribution in [1.82, 2.24) is 0 Å². The molecule has 0 aromatic carbocycles. The Morgan fingerprint density at radius 3 is 2.42 bits per heavy atom. The van der Waals surface area contributed by atoms with Crippen molar-refractivity contribution in [3.05, 3.63) is 23.7 Å². The summed E-state index contributed by atoms with van der Waals surface area (Å²) in [4.78, 5) is 0. The van der Waals surface area contributed by atoms with E-state index in [0.29, 0.717) is 24.8 Å². The van der Waals surface area contributed by atoms with Gasteiger partial charge in [-0.2, -0.15) is 5.11 Å². The largest absolute Gasteiger partial charge is 0.480 e. The van der Waals surface area contributed by atoms with Gasteiger partial charge in [0.15, 0.2) is 14.6 Å². The van der Waals surface area contributed by atoms with Gasteiger partial charge in [0.25, 0.3) is 0 Å². The number of nitrogens with zero attached hydrogens (tertiary/aromatic N) is 2. The van der Waals surface area contributed by atoms with Crippen molar-refractivity contribution < 1.29 is 18.6 Å². The number of rotatable bonds is 9. The van der Waals surface area contributed by atoms with Crippen molar-refractivity contribution in [2.24, 2.45) is 10.2 Å². The molecule has 1 fully saturated rings. The van der Waals surface area contributed by atoms with Crippen LogP contribution in [0.15, 0.2) is 34.0 Å². The van der Waals surface area contributed by atoms with E-state index < -0.39 is 8.32 Å². The monoisotopic (exact) mass is 384 g/mol. The van der Waals surface area contributed by atoms with E-state index in [1.807, 2.05) is 6.92 Å². The molecule has 1 saturated heterocycles. The quantitative estimate of drug-likeness (QED) is 0.303. The van der Waals surface area contributed by atoms with Crippen LogP contribution in [0, 0.1) is 0 Å². The lowest BCUT2D eigenvalue weighted by molar-refractivity contribution is -0.157. The van der Waals surface area contributed by atoms with Crippen LogP contribution in [0.4, 0.5) is 0 Å². The molecular formula is C19H36N2O4Si. The van der Waals surface area contributed by atoms with E-state index in [0.717, 1.165) is 31.4 Å². The number of azo groups is 1. The van der Waals surface area contributed by atoms with Crippen molar-refractivity contribution in [3.63, 3.8) is 0 Å². The normalized spacial score (nSPS) is 20.2. The molecule has 1 rings (SSSR count). The number of methoxy groups -OCH3 is 1. The number of hydrogen-bond acceptors (Lipinski definition) is 6. The summed E-state index contributed by atoms with van der Waals surface area (Å²) >= 11 is 0. The maximum Gasteiger partial charge on any atom is 0.234 e. The van der Waals surface area contributed by atoms with E-state index in [-0.39, 0.29) is 11.3 Å². The van der Waals surface area contributed by atoms with Crippen LogP contribution in [0.3, 0.4) is 0 Å². The van der Waals surface area contributed by atoms with Crippen molar-refractivity contribution in [1.29, 1.82) is 0 Å². The highest BCUT2D eigenvalue weighted by molar-refractivity contribution is 6.74. The van der Waals surface area contributed by atoms with Gasteiger partial charge in [0.1, 0.15) is 0 Å². The molecule has 0 aromatic heterocycles. The van der Waals surface area contributed by atoms with Gasteiger partial charge in [0, 0.05) is 12.2 Å². The van der Waals surface area contributed by atoms with Crippen LogP contribution in [0.1, 0.15) is 47.0 Å². The van der Waals surface area contributed by atoms with Gasteiger partial charge in [-0.05, 0) is 44.3 Å². The Labute approximate surface area is 159 Å². The smallest absolute Gasteiger partial charge is 0.234 e. The van der Waals surface area contributed by atoms with Gasteiger partial charge in [0.05, 0.1) is 26.0 Å². The maximum atomic E-state index is 6.21. The minimum Gasteiger partial charge on any atom is -0.480 e. The predicted octanol–water partition coefficient (Wildman–Crippen LogP) is 5.40. The lowest BCUT2D eigenvalue weighted by Crippen LogP contribution is -2.41. The lowest BCUT2D eigenvalue weighted by atomic mass is 10.2. The summed E-state index contributed by atoms with van der Waals surface area (Å²) in [5.41, 5.74) is 1.44. The van der Waals surface area contributed by atoms with Crippen LogP contribution < -0.4 is 0 Å². The fraction of sp³-hybridized carbons (Fsp3) is 0.789. The third-order valence-electron chi connectivity index (χ3n) is 4.87. The average Bonchev–Trinajstić information content (AvgIpc) is 2.58. The second-order valence-corrected chi connectivity index (χ2v) is 13.0. The Balaban J connectivity index is 2.55. The highest BCUT2D eigenvalue weighted by Crippen LogP contribution is 2.36. The molecule has 1 unspecified atom stereocenters. The molecule has 150 valence electrons. The summed E-state index contributed by atoms with van der Waals surface area (Å²) in [7, 11) is -0.234. The summed E-state index contributed by atoms with van der Waals surface area (Å²) in [5, 5.41) is 8.44. The molecule has 1 aliphatic heterocycles. The van der Waals surface area contributed by atoms with E-state index in [9.17, 15) is 0 Å². The third kappa shape index (κ3) is 7.69. The predicted molar refractivity (Wildman–Crippen MR) is 106 cm³/mol. The van der Waals surface area contributed by atoms with E-state index in [2.05, 4.69) is 50.7 Å². The Kier molecular flexibility index (Phi) is 9.16.